The quantitative estimate of drug-likeness (QED) is 0.759. The number of carbonyl (C=O) groups excluding carboxylic acids is 1. The summed E-state index contributed by atoms with van der Waals surface area (Å²) in [6.07, 6.45) is 0.289. The third-order valence-corrected chi connectivity index (χ3v) is 4.03. The Morgan fingerprint density at radius 3 is 2.52 bits per heavy atom. The van der Waals surface area contributed by atoms with E-state index in [2.05, 4.69) is 15.9 Å². The average molecular weight is 349 g/mol. The van der Waals surface area contributed by atoms with Gasteiger partial charge < -0.3 is 9.47 Å². The van der Waals surface area contributed by atoms with Crippen LogP contribution < -0.4 is 9.47 Å². The Bertz CT molecular complexity index is 665. The standard InChI is InChI=1S/C17H17BrO3/c1-11-4-7-17(21-3)14(8-11)16(19)10-12-9-13(20-2)5-6-15(12)18/h4-9H,10H2,1-3H3. The molecule has 0 aliphatic heterocycles. The molecule has 0 spiro atoms. The van der Waals surface area contributed by atoms with E-state index in [4.69, 9.17) is 9.47 Å². The Hall–Kier alpha value is -1.81. The predicted octanol–water partition coefficient (Wildman–Crippen LogP) is 4.20. The van der Waals surface area contributed by atoms with E-state index in [-0.39, 0.29) is 12.2 Å². The molecule has 2 aromatic rings. The van der Waals surface area contributed by atoms with Gasteiger partial charge in [-0.2, -0.15) is 0 Å². The summed E-state index contributed by atoms with van der Waals surface area (Å²) in [5.41, 5.74) is 2.53. The van der Waals surface area contributed by atoms with E-state index in [1.165, 1.54) is 0 Å². The summed E-state index contributed by atoms with van der Waals surface area (Å²) < 4.78 is 11.4. The third kappa shape index (κ3) is 3.64. The van der Waals surface area contributed by atoms with Gasteiger partial charge in [-0.3, -0.25) is 4.79 Å². The van der Waals surface area contributed by atoms with Gasteiger partial charge in [-0.1, -0.05) is 27.6 Å². The van der Waals surface area contributed by atoms with E-state index in [9.17, 15) is 4.79 Å². The van der Waals surface area contributed by atoms with Crippen molar-refractivity contribution in [1.29, 1.82) is 0 Å². The molecule has 2 rings (SSSR count). The molecule has 0 amide bonds. The fourth-order valence-electron chi connectivity index (χ4n) is 2.12. The van der Waals surface area contributed by atoms with E-state index in [1.54, 1.807) is 14.2 Å². The van der Waals surface area contributed by atoms with Crippen LogP contribution in [0.4, 0.5) is 0 Å². The Kier molecular flexibility index (Phi) is 5.02. The number of rotatable bonds is 5. The van der Waals surface area contributed by atoms with Crippen molar-refractivity contribution in [2.24, 2.45) is 0 Å². The largest absolute Gasteiger partial charge is 0.497 e. The van der Waals surface area contributed by atoms with E-state index in [0.717, 1.165) is 21.3 Å². The average Bonchev–Trinajstić information content (AvgIpc) is 2.49. The van der Waals surface area contributed by atoms with Crippen molar-refractivity contribution in [3.05, 3.63) is 57.6 Å². The van der Waals surface area contributed by atoms with Gasteiger partial charge in [0.15, 0.2) is 5.78 Å². The maximum atomic E-state index is 12.6. The lowest BCUT2D eigenvalue weighted by molar-refractivity contribution is 0.0990. The van der Waals surface area contributed by atoms with Crippen molar-refractivity contribution < 1.29 is 14.3 Å². The van der Waals surface area contributed by atoms with Crippen molar-refractivity contribution in [3.63, 3.8) is 0 Å². The Labute approximate surface area is 133 Å². The van der Waals surface area contributed by atoms with E-state index in [1.807, 2.05) is 43.3 Å². The molecule has 0 N–H and O–H groups in total. The Morgan fingerprint density at radius 1 is 1.10 bits per heavy atom. The van der Waals surface area contributed by atoms with Crippen LogP contribution >= 0.6 is 15.9 Å². The van der Waals surface area contributed by atoms with Gasteiger partial charge in [-0.25, -0.2) is 0 Å². The number of hydrogen-bond donors (Lipinski definition) is 0. The third-order valence-electron chi connectivity index (χ3n) is 3.26. The molecular weight excluding hydrogens is 332 g/mol. The second-order valence-corrected chi connectivity index (χ2v) is 5.62. The maximum Gasteiger partial charge on any atom is 0.171 e. The molecule has 0 fully saturated rings. The highest BCUT2D eigenvalue weighted by molar-refractivity contribution is 9.10. The van der Waals surface area contributed by atoms with Gasteiger partial charge >= 0.3 is 0 Å². The van der Waals surface area contributed by atoms with Crippen LogP contribution in [0, 0.1) is 6.92 Å². The number of benzene rings is 2. The molecule has 0 bridgehead atoms. The van der Waals surface area contributed by atoms with Crippen LogP contribution in [0.15, 0.2) is 40.9 Å². The first-order valence-corrected chi connectivity index (χ1v) is 7.34. The molecule has 0 aliphatic carbocycles. The van der Waals surface area contributed by atoms with Crippen LogP contribution in [0.5, 0.6) is 11.5 Å². The lowest BCUT2D eigenvalue weighted by Gasteiger charge is -2.10. The van der Waals surface area contributed by atoms with Crippen LogP contribution in [0.25, 0.3) is 0 Å². The molecule has 0 aromatic heterocycles. The highest BCUT2D eigenvalue weighted by Crippen LogP contribution is 2.26. The fraction of sp³-hybridized carbons (Fsp3) is 0.235. The van der Waals surface area contributed by atoms with E-state index >= 15 is 0 Å². The Morgan fingerprint density at radius 2 is 1.86 bits per heavy atom. The van der Waals surface area contributed by atoms with Gasteiger partial charge in [0, 0.05) is 10.9 Å². The number of Topliss-reactive ketones (excluding diaryl/α,β-unsaturated/α-hetero) is 1. The van der Waals surface area contributed by atoms with Crippen molar-refractivity contribution in [3.8, 4) is 11.5 Å². The van der Waals surface area contributed by atoms with Gasteiger partial charge in [0.2, 0.25) is 0 Å². The molecule has 110 valence electrons. The van der Waals surface area contributed by atoms with Crippen molar-refractivity contribution >= 4 is 21.7 Å². The van der Waals surface area contributed by atoms with Crippen LogP contribution in [0.2, 0.25) is 0 Å². The van der Waals surface area contributed by atoms with E-state index in [0.29, 0.717) is 11.3 Å². The first kappa shape index (κ1) is 15.6. The minimum atomic E-state index is 0.0181. The van der Waals surface area contributed by atoms with Crippen LogP contribution in [-0.4, -0.2) is 20.0 Å². The smallest absolute Gasteiger partial charge is 0.171 e. The van der Waals surface area contributed by atoms with Gasteiger partial charge in [-0.15, -0.1) is 0 Å². The number of methoxy groups -OCH3 is 2. The number of carbonyl (C=O) groups is 1. The van der Waals surface area contributed by atoms with Gasteiger partial charge in [0.1, 0.15) is 11.5 Å². The molecule has 0 saturated heterocycles. The number of hydrogen-bond acceptors (Lipinski definition) is 3. The summed E-state index contributed by atoms with van der Waals surface area (Å²) in [6.45, 7) is 1.96. The summed E-state index contributed by atoms with van der Waals surface area (Å²) in [4.78, 5) is 12.6. The van der Waals surface area contributed by atoms with Gasteiger partial charge in [0.05, 0.1) is 19.8 Å². The number of aryl methyl sites for hydroxylation is 1. The predicted molar refractivity (Wildman–Crippen MR) is 86.5 cm³/mol. The minimum absolute atomic E-state index is 0.0181. The normalized spacial score (nSPS) is 10.3. The van der Waals surface area contributed by atoms with Crippen molar-refractivity contribution in [1.82, 2.24) is 0 Å². The molecule has 4 heteroatoms. The molecule has 0 atom stereocenters. The lowest BCUT2D eigenvalue weighted by atomic mass is 10.0. The zero-order valence-corrected chi connectivity index (χ0v) is 13.9. The molecule has 2 aromatic carbocycles. The summed E-state index contributed by atoms with van der Waals surface area (Å²) in [5, 5.41) is 0. The second kappa shape index (κ2) is 6.76. The first-order valence-electron chi connectivity index (χ1n) is 6.55. The summed E-state index contributed by atoms with van der Waals surface area (Å²) in [5.74, 6) is 1.35. The SMILES string of the molecule is COc1ccc(Br)c(CC(=O)c2cc(C)ccc2OC)c1. The molecule has 21 heavy (non-hydrogen) atoms. The van der Waals surface area contributed by atoms with Crippen LogP contribution in [0.1, 0.15) is 21.5 Å². The van der Waals surface area contributed by atoms with Crippen LogP contribution in [0.3, 0.4) is 0 Å². The zero-order valence-electron chi connectivity index (χ0n) is 12.3. The molecule has 0 aliphatic rings. The summed E-state index contributed by atoms with van der Waals surface area (Å²) in [6, 6.07) is 11.2. The minimum Gasteiger partial charge on any atom is -0.497 e. The van der Waals surface area contributed by atoms with Gasteiger partial charge in [0.25, 0.3) is 0 Å². The maximum absolute atomic E-state index is 12.6. The topological polar surface area (TPSA) is 35.5 Å². The van der Waals surface area contributed by atoms with Crippen molar-refractivity contribution in [2.45, 2.75) is 13.3 Å². The van der Waals surface area contributed by atoms with Gasteiger partial charge in [-0.05, 0) is 42.8 Å². The molecule has 0 unspecified atom stereocenters. The fourth-order valence-corrected chi connectivity index (χ4v) is 2.51. The first-order chi connectivity index (χ1) is 10.0. The van der Waals surface area contributed by atoms with Crippen molar-refractivity contribution in [2.75, 3.05) is 14.2 Å². The zero-order chi connectivity index (χ0) is 15.4. The molecule has 0 heterocycles. The highest BCUT2D eigenvalue weighted by Gasteiger charge is 2.15. The summed E-state index contributed by atoms with van der Waals surface area (Å²) >= 11 is 3.47. The molecular formula is C17H17BrO3. The number of ether oxygens (including phenoxy) is 2. The summed E-state index contributed by atoms with van der Waals surface area (Å²) in [7, 11) is 3.18. The monoisotopic (exact) mass is 348 g/mol. The number of ketones is 1. The lowest BCUT2D eigenvalue weighted by Crippen LogP contribution is -2.07. The highest BCUT2D eigenvalue weighted by atomic mass is 79.9. The van der Waals surface area contributed by atoms with Crippen LogP contribution in [-0.2, 0) is 6.42 Å². The Balaban J connectivity index is 2.32. The van der Waals surface area contributed by atoms with E-state index < -0.39 is 0 Å². The number of halogens is 1. The molecule has 0 saturated carbocycles. The molecule has 3 nitrogen and oxygen atoms in total. The second-order valence-electron chi connectivity index (χ2n) is 4.76. The molecule has 0 radical (unpaired) electrons.